The van der Waals surface area contributed by atoms with Crippen LogP contribution in [0.5, 0.6) is 17.2 Å². The fourth-order valence-electron chi connectivity index (χ4n) is 3.53. The summed E-state index contributed by atoms with van der Waals surface area (Å²) in [5.41, 5.74) is 0.860. The van der Waals surface area contributed by atoms with Crippen molar-refractivity contribution in [1.82, 2.24) is 9.80 Å². The normalized spacial score (nSPS) is 15.2. The highest BCUT2D eigenvalue weighted by molar-refractivity contribution is 7.09. The number of thiophene rings is 1. The molecule has 0 N–H and O–H groups in total. The Hall–Kier alpha value is -2.25. The molecule has 0 atom stereocenters. The monoisotopic (exact) mass is 404 g/mol. The van der Waals surface area contributed by atoms with Crippen molar-refractivity contribution in [2.24, 2.45) is 0 Å². The van der Waals surface area contributed by atoms with E-state index in [1.807, 2.05) is 17.0 Å². The van der Waals surface area contributed by atoms with Crippen LogP contribution in [-0.4, -0.2) is 63.2 Å². The third-order valence-corrected chi connectivity index (χ3v) is 5.84. The molecule has 0 spiro atoms. The van der Waals surface area contributed by atoms with E-state index >= 15 is 0 Å². The van der Waals surface area contributed by atoms with Crippen LogP contribution in [0.2, 0.25) is 0 Å². The lowest BCUT2D eigenvalue weighted by molar-refractivity contribution is -0.130. The van der Waals surface area contributed by atoms with Crippen LogP contribution >= 0.6 is 11.3 Å². The van der Waals surface area contributed by atoms with Gasteiger partial charge in [-0.15, -0.1) is 11.3 Å². The maximum absolute atomic E-state index is 12.9. The number of ether oxygens (including phenoxy) is 3. The van der Waals surface area contributed by atoms with Gasteiger partial charge in [-0.3, -0.25) is 9.69 Å². The number of methoxy groups -OCH3 is 3. The fourth-order valence-corrected chi connectivity index (χ4v) is 4.27. The van der Waals surface area contributed by atoms with Gasteiger partial charge in [0.25, 0.3) is 0 Å². The van der Waals surface area contributed by atoms with Gasteiger partial charge in [-0.25, -0.2) is 0 Å². The van der Waals surface area contributed by atoms with E-state index in [0.717, 1.165) is 44.7 Å². The molecule has 0 radical (unpaired) electrons. The van der Waals surface area contributed by atoms with E-state index in [0.29, 0.717) is 23.7 Å². The second-order valence-corrected chi connectivity index (χ2v) is 7.83. The molecule has 0 saturated carbocycles. The molecule has 1 saturated heterocycles. The van der Waals surface area contributed by atoms with Crippen molar-refractivity contribution < 1.29 is 19.0 Å². The second kappa shape index (κ2) is 9.80. The first-order chi connectivity index (χ1) is 13.6. The van der Waals surface area contributed by atoms with Gasteiger partial charge in [-0.2, -0.15) is 0 Å². The van der Waals surface area contributed by atoms with Crippen LogP contribution in [0, 0.1) is 0 Å². The summed E-state index contributed by atoms with van der Waals surface area (Å²) in [5.74, 6) is 1.82. The van der Waals surface area contributed by atoms with Gasteiger partial charge in [0.15, 0.2) is 11.5 Å². The second-order valence-electron chi connectivity index (χ2n) is 6.80. The first-order valence-corrected chi connectivity index (χ1v) is 10.3. The predicted octanol–water partition coefficient (Wildman–Crippen LogP) is 3.05. The van der Waals surface area contributed by atoms with E-state index in [9.17, 15) is 4.79 Å². The molecule has 1 aliphatic rings. The number of carbonyl (C=O) groups is 1. The van der Waals surface area contributed by atoms with Gasteiger partial charge in [-0.1, -0.05) is 6.07 Å². The summed E-state index contributed by atoms with van der Waals surface area (Å²) in [6.07, 6.45) is 1.31. The highest BCUT2D eigenvalue weighted by atomic mass is 32.1. The van der Waals surface area contributed by atoms with Crippen LogP contribution in [0.1, 0.15) is 16.9 Å². The number of hydrogen-bond acceptors (Lipinski definition) is 6. The molecule has 1 amide bonds. The summed E-state index contributed by atoms with van der Waals surface area (Å²) in [4.78, 5) is 18.7. The van der Waals surface area contributed by atoms with Gasteiger partial charge in [0, 0.05) is 37.6 Å². The molecule has 28 heavy (non-hydrogen) atoms. The Morgan fingerprint density at radius 1 is 1.04 bits per heavy atom. The molecule has 3 rings (SSSR count). The Labute approximate surface area is 170 Å². The Morgan fingerprint density at radius 2 is 1.79 bits per heavy atom. The molecule has 0 aliphatic carbocycles. The van der Waals surface area contributed by atoms with Crippen molar-refractivity contribution in [2.75, 3.05) is 47.5 Å². The van der Waals surface area contributed by atoms with E-state index < -0.39 is 0 Å². The van der Waals surface area contributed by atoms with Gasteiger partial charge < -0.3 is 19.1 Å². The number of benzene rings is 1. The van der Waals surface area contributed by atoms with E-state index in [1.54, 1.807) is 32.7 Å². The molecule has 6 nitrogen and oxygen atoms in total. The average molecular weight is 405 g/mol. The predicted molar refractivity (Wildman–Crippen MR) is 111 cm³/mol. The van der Waals surface area contributed by atoms with Gasteiger partial charge in [0.1, 0.15) is 0 Å². The van der Waals surface area contributed by atoms with Crippen LogP contribution in [0.3, 0.4) is 0 Å². The van der Waals surface area contributed by atoms with Crippen molar-refractivity contribution in [1.29, 1.82) is 0 Å². The summed E-state index contributed by atoms with van der Waals surface area (Å²) < 4.78 is 16.1. The minimum Gasteiger partial charge on any atom is -0.493 e. The van der Waals surface area contributed by atoms with Crippen LogP contribution in [-0.2, 0) is 17.8 Å². The Kier molecular flexibility index (Phi) is 7.17. The maximum atomic E-state index is 12.9. The lowest BCUT2D eigenvalue weighted by atomic mass is 10.1. The minimum atomic E-state index is 0.132. The molecular formula is C21H28N2O4S. The topological polar surface area (TPSA) is 51.2 Å². The van der Waals surface area contributed by atoms with Gasteiger partial charge in [0.05, 0.1) is 27.8 Å². The van der Waals surface area contributed by atoms with Crippen molar-refractivity contribution in [3.05, 3.63) is 40.1 Å². The number of hydrogen-bond donors (Lipinski definition) is 0. The molecular weight excluding hydrogens is 376 g/mol. The molecule has 1 aliphatic heterocycles. The largest absolute Gasteiger partial charge is 0.493 e. The van der Waals surface area contributed by atoms with E-state index in [2.05, 4.69) is 22.4 Å². The standard InChI is InChI=1S/C21H28N2O4S/c1-25-18-12-16(13-19(26-2)21(18)27-3)14-20(24)23-8-5-7-22(9-10-23)15-17-6-4-11-28-17/h4,6,11-13H,5,7-10,14-15H2,1-3H3. The highest BCUT2D eigenvalue weighted by Gasteiger charge is 2.21. The third-order valence-electron chi connectivity index (χ3n) is 4.98. The van der Waals surface area contributed by atoms with Gasteiger partial charge in [-0.05, 0) is 35.6 Å². The number of amides is 1. The maximum Gasteiger partial charge on any atom is 0.227 e. The lowest BCUT2D eigenvalue weighted by Crippen LogP contribution is -2.36. The van der Waals surface area contributed by atoms with Crippen molar-refractivity contribution in [3.8, 4) is 17.2 Å². The van der Waals surface area contributed by atoms with Crippen LogP contribution in [0.25, 0.3) is 0 Å². The van der Waals surface area contributed by atoms with Crippen molar-refractivity contribution in [3.63, 3.8) is 0 Å². The van der Waals surface area contributed by atoms with Crippen LogP contribution in [0.15, 0.2) is 29.6 Å². The van der Waals surface area contributed by atoms with E-state index in [1.165, 1.54) is 4.88 Å². The molecule has 2 heterocycles. The molecule has 7 heteroatoms. The minimum absolute atomic E-state index is 0.132. The third kappa shape index (κ3) is 4.97. The van der Waals surface area contributed by atoms with E-state index in [-0.39, 0.29) is 5.91 Å². The fraction of sp³-hybridized carbons (Fsp3) is 0.476. The zero-order valence-corrected chi connectivity index (χ0v) is 17.6. The first-order valence-electron chi connectivity index (χ1n) is 9.46. The number of carbonyl (C=O) groups excluding carboxylic acids is 1. The van der Waals surface area contributed by atoms with E-state index in [4.69, 9.17) is 14.2 Å². The van der Waals surface area contributed by atoms with Crippen molar-refractivity contribution in [2.45, 2.75) is 19.4 Å². The summed E-state index contributed by atoms with van der Waals surface area (Å²) in [6.45, 7) is 4.44. The lowest BCUT2D eigenvalue weighted by Gasteiger charge is -2.22. The number of rotatable bonds is 7. The average Bonchev–Trinajstić information content (AvgIpc) is 3.10. The van der Waals surface area contributed by atoms with Crippen LogP contribution < -0.4 is 14.2 Å². The highest BCUT2D eigenvalue weighted by Crippen LogP contribution is 2.38. The molecule has 1 aromatic heterocycles. The smallest absolute Gasteiger partial charge is 0.227 e. The SMILES string of the molecule is COc1cc(CC(=O)N2CCCN(Cc3cccs3)CC2)cc(OC)c1OC. The summed E-state index contributed by atoms with van der Waals surface area (Å²) in [6, 6.07) is 7.95. The Morgan fingerprint density at radius 3 is 2.39 bits per heavy atom. The Balaban J connectivity index is 1.63. The zero-order valence-electron chi connectivity index (χ0n) is 16.8. The van der Waals surface area contributed by atoms with Crippen LogP contribution in [0.4, 0.5) is 0 Å². The molecule has 0 bridgehead atoms. The first kappa shape index (κ1) is 20.5. The van der Waals surface area contributed by atoms with Crippen molar-refractivity contribution >= 4 is 17.2 Å². The molecule has 2 aromatic rings. The van der Waals surface area contributed by atoms with Gasteiger partial charge >= 0.3 is 0 Å². The quantitative estimate of drug-likeness (QED) is 0.710. The number of nitrogens with zero attached hydrogens (tertiary/aromatic N) is 2. The molecule has 1 aromatic carbocycles. The summed E-state index contributed by atoms with van der Waals surface area (Å²) >= 11 is 1.79. The van der Waals surface area contributed by atoms with Gasteiger partial charge in [0.2, 0.25) is 11.7 Å². The molecule has 152 valence electrons. The summed E-state index contributed by atoms with van der Waals surface area (Å²) in [7, 11) is 4.74. The molecule has 1 fully saturated rings. The summed E-state index contributed by atoms with van der Waals surface area (Å²) in [5, 5.41) is 2.11. The molecule has 0 unspecified atom stereocenters. The Bertz CT molecular complexity index is 754. The zero-order chi connectivity index (χ0) is 19.9.